The molecule has 0 radical (unpaired) electrons. The molecule has 0 atom stereocenters. The number of amides is 1. The van der Waals surface area contributed by atoms with Gasteiger partial charge in [-0.1, -0.05) is 24.8 Å². The van der Waals surface area contributed by atoms with Crippen molar-refractivity contribution in [3.63, 3.8) is 0 Å². The van der Waals surface area contributed by atoms with Gasteiger partial charge in [0.05, 0.1) is 13.2 Å². The first-order valence-corrected chi connectivity index (χ1v) is 5.04. The van der Waals surface area contributed by atoms with E-state index >= 15 is 0 Å². The smallest absolute Gasteiger partial charge is 0.426 e. The van der Waals surface area contributed by atoms with Crippen molar-refractivity contribution < 1.29 is 19.7 Å². The lowest BCUT2D eigenvalue weighted by atomic mass is 10.4. The van der Waals surface area contributed by atoms with Crippen LogP contribution in [0.3, 0.4) is 0 Å². The van der Waals surface area contributed by atoms with Gasteiger partial charge in [-0.3, -0.25) is 0 Å². The number of aliphatic hydroxyl groups is 2. The maximum atomic E-state index is 11.1. The third kappa shape index (κ3) is 8.06. The second kappa shape index (κ2) is 9.44. The van der Waals surface area contributed by atoms with E-state index in [0.29, 0.717) is 5.70 Å². The molecule has 0 aliphatic carbocycles. The first-order valence-electron chi connectivity index (χ1n) is 5.04. The molecule has 0 spiro atoms. The number of nitrogens with one attached hydrogen (secondary N) is 2. The van der Waals surface area contributed by atoms with E-state index in [1.54, 1.807) is 31.2 Å². The van der Waals surface area contributed by atoms with Gasteiger partial charge < -0.3 is 20.4 Å². The highest BCUT2D eigenvalue weighted by Crippen LogP contribution is 1.90. The minimum absolute atomic E-state index is 0.430. The van der Waals surface area contributed by atoms with Gasteiger partial charge in [-0.05, 0) is 13.0 Å². The molecule has 0 saturated heterocycles. The second-order valence-electron chi connectivity index (χ2n) is 3.11. The van der Waals surface area contributed by atoms with Gasteiger partial charge in [0.15, 0.2) is 0 Å². The van der Waals surface area contributed by atoms with E-state index in [-0.39, 0.29) is 0 Å². The van der Waals surface area contributed by atoms with E-state index in [1.165, 1.54) is 0 Å². The summed E-state index contributed by atoms with van der Waals surface area (Å²) >= 11 is 0. The van der Waals surface area contributed by atoms with Gasteiger partial charge in [0.2, 0.25) is 0 Å². The van der Waals surface area contributed by atoms with E-state index in [0.717, 1.165) is 0 Å². The first-order chi connectivity index (χ1) is 8.13. The average molecular weight is 242 g/mol. The number of hydrogen-bond donors (Lipinski definition) is 4. The summed E-state index contributed by atoms with van der Waals surface area (Å²) in [6, 6.07) is 0. The normalized spacial score (nSPS) is 11.6. The van der Waals surface area contributed by atoms with Crippen LogP contribution >= 0.6 is 0 Å². The lowest BCUT2D eigenvalue weighted by Crippen LogP contribution is -2.40. The summed E-state index contributed by atoms with van der Waals surface area (Å²) in [5.74, 6) is 0. The fourth-order valence-corrected chi connectivity index (χ4v) is 0.783. The lowest BCUT2D eigenvalue weighted by Gasteiger charge is -2.14. The van der Waals surface area contributed by atoms with Crippen LogP contribution in [0.2, 0.25) is 0 Å². The molecule has 0 bridgehead atoms. The Bertz CT molecular complexity index is 296. The van der Waals surface area contributed by atoms with Gasteiger partial charge in [-0.25, -0.2) is 10.2 Å². The summed E-state index contributed by atoms with van der Waals surface area (Å²) in [6.45, 7) is 4.39. The topological polar surface area (TPSA) is 90.8 Å². The molecule has 4 N–H and O–H groups in total. The van der Waals surface area contributed by atoms with Crippen molar-refractivity contribution in [2.45, 2.75) is 13.0 Å². The Morgan fingerprint density at radius 1 is 1.35 bits per heavy atom. The molecule has 1 amide bonds. The van der Waals surface area contributed by atoms with Crippen molar-refractivity contribution >= 4 is 6.09 Å². The zero-order valence-electron chi connectivity index (χ0n) is 9.72. The van der Waals surface area contributed by atoms with Gasteiger partial charge in [0.25, 0.3) is 0 Å². The maximum absolute atomic E-state index is 11.1. The number of carbonyl (C=O) groups is 1. The Labute approximate surface area is 100 Å². The van der Waals surface area contributed by atoms with Gasteiger partial charge in [0.1, 0.15) is 6.10 Å². The van der Waals surface area contributed by atoms with E-state index in [4.69, 9.17) is 10.2 Å². The number of aliphatic hydroxyl groups excluding tert-OH is 2. The van der Waals surface area contributed by atoms with E-state index in [2.05, 4.69) is 22.2 Å². The summed E-state index contributed by atoms with van der Waals surface area (Å²) in [5, 5.41) is 17.4. The van der Waals surface area contributed by atoms with Crippen LogP contribution in [0.1, 0.15) is 6.92 Å². The number of ether oxygens (including phenoxy) is 1. The molecule has 17 heavy (non-hydrogen) atoms. The van der Waals surface area contributed by atoms with Gasteiger partial charge in [0, 0.05) is 5.70 Å². The number of carbonyl (C=O) groups excluding carboxylic acids is 1. The average Bonchev–Trinajstić information content (AvgIpc) is 2.33. The fourth-order valence-electron chi connectivity index (χ4n) is 0.783. The molecule has 0 fully saturated rings. The largest absolute Gasteiger partial charge is 0.440 e. The van der Waals surface area contributed by atoms with Crippen LogP contribution in [0.5, 0.6) is 0 Å². The van der Waals surface area contributed by atoms with Gasteiger partial charge in [-0.15, -0.1) is 0 Å². The number of rotatable bonds is 7. The summed E-state index contributed by atoms with van der Waals surface area (Å²) in [5.41, 5.74) is 5.51. The minimum Gasteiger partial charge on any atom is -0.440 e. The molecule has 0 aromatic rings. The Balaban J connectivity index is 3.94. The zero-order valence-corrected chi connectivity index (χ0v) is 9.72. The SMILES string of the molecule is C=C/C=C\C=C(/C)NNC(=O)OC(CO)CO. The standard InChI is InChI=1S/C11H18N2O4/c1-3-4-5-6-9(2)12-13-11(16)17-10(7-14)8-15/h3-6,10,12,14-15H,1,7-8H2,2H3,(H,13,16)/b5-4-,9-6+. The predicted molar refractivity (Wildman–Crippen MR) is 63.8 cm³/mol. The highest BCUT2D eigenvalue weighted by molar-refractivity contribution is 5.66. The Hall–Kier alpha value is -1.79. The summed E-state index contributed by atoms with van der Waals surface area (Å²) < 4.78 is 4.65. The molecule has 0 rings (SSSR count). The highest BCUT2D eigenvalue weighted by Gasteiger charge is 2.11. The summed E-state index contributed by atoms with van der Waals surface area (Å²) in [4.78, 5) is 11.1. The predicted octanol–water partition coefficient (Wildman–Crippen LogP) is 0.216. The Kier molecular flexibility index (Phi) is 8.44. The van der Waals surface area contributed by atoms with Crippen molar-refractivity contribution in [3.05, 3.63) is 36.6 Å². The number of hydrogen-bond acceptors (Lipinski definition) is 5. The van der Waals surface area contributed by atoms with Crippen molar-refractivity contribution in [2.75, 3.05) is 13.2 Å². The monoisotopic (exact) mass is 242 g/mol. The van der Waals surface area contributed by atoms with E-state index < -0.39 is 25.4 Å². The third-order valence-corrected chi connectivity index (χ3v) is 1.64. The molecule has 96 valence electrons. The second-order valence-corrected chi connectivity index (χ2v) is 3.11. The van der Waals surface area contributed by atoms with Crippen LogP contribution in [0.25, 0.3) is 0 Å². The molecule has 0 saturated carbocycles. The number of allylic oxidation sites excluding steroid dienone is 5. The molecule has 6 heteroatoms. The quantitative estimate of drug-likeness (QED) is 0.378. The molecular formula is C11H18N2O4. The fraction of sp³-hybridized carbons (Fsp3) is 0.364. The highest BCUT2D eigenvalue weighted by atomic mass is 16.6. The maximum Gasteiger partial charge on any atom is 0.426 e. The molecule has 6 nitrogen and oxygen atoms in total. The third-order valence-electron chi connectivity index (χ3n) is 1.64. The minimum atomic E-state index is -0.915. The zero-order chi connectivity index (χ0) is 13.1. The van der Waals surface area contributed by atoms with Crippen LogP contribution in [0.15, 0.2) is 36.6 Å². The first kappa shape index (κ1) is 15.2. The molecule has 0 unspecified atom stereocenters. The van der Waals surface area contributed by atoms with Crippen LogP contribution < -0.4 is 10.9 Å². The Morgan fingerprint density at radius 2 is 2.00 bits per heavy atom. The van der Waals surface area contributed by atoms with Crippen molar-refractivity contribution in [1.29, 1.82) is 0 Å². The molecule has 0 aromatic heterocycles. The molecular weight excluding hydrogens is 224 g/mol. The van der Waals surface area contributed by atoms with E-state index in [1.807, 2.05) is 0 Å². The van der Waals surface area contributed by atoms with Gasteiger partial charge >= 0.3 is 6.09 Å². The summed E-state index contributed by atoms with van der Waals surface area (Å²) in [6.07, 6.45) is 5.13. The van der Waals surface area contributed by atoms with Crippen LogP contribution in [0, 0.1) is 0 Å². The molecule has 0 aromatic carbocycles. The van der Waals surface area contributed by atoms with Crippen LogP contribution in [-0.2, 0) is 4.74 Å². The van der Waals surface area contributed by atoms with Crippen LogP contribution in [0.4, 0.5) is 4.79 Å². The molecule has 0 heterocycles. The van der Waals surface area contributed by atoms with Gasteiger partial charge in [-0.2, -0.15) is 0 Å². The number of hydrazine groups is 1. The van der Waals surface area contributed by atoms with Crippen molar-refractivity contribution in [3.8, 4) is 0 Å². The molecule has 0 aliphatic rings. The van der Waals surface area contributed by atoms with Crippen molar-refractivity contribution in [2.24, 2.45) is 0 Å². The lowest BCUT2D eigenvalue weighted by molar-refractivity contribution is 0.0211. The van der Waals surface area contributed by atoms with E-state index in [9.17, 15) is 4.79 Å². The Morgan fingerprint density at radius 3 is 2.53 bits per heavy atom. The van der Waals surface area contributed by atoms with Crippen LogP contribution in [-0.4, -0.2) is 35.6 Å². The summed E-state index contributed by atoms with van der Waals surface area (Å²) in [7, 11) is 0. The van der Waals surface area contributed by atoms with Crippen molar-refractivity contribution in [1.82, 2.24) is 10.9 Å². The molecule has 0 aliphatic heterocycles.